The summed E-state index contributed by atoms with van der Waals surface area (Å²) in [5, 5.41) is 5.29. The highest BCUT2D eigenvalue weighted by Gasteiger charge is 2.12. The molecular weight excluding hydrogens is 258 g/mol. The molecule has 0 spiro atoms. The average Bonchev–Trinajstić information content (AvgIpc) is 2.33. The number of ether oxygens (including phenoxy) is 1. The number of carbonyl (C=O) groups is 2. The fraction of sp³-hybridized carbons (Fsp3) is 0.429. The number of para-hydroxylation sites is 1. The molecule has 0 aliphatic rings. The number of primary amides is 1. The predicted molar refractivity (Wildman–Crippen MR) is 76.3 cm³/mol. The third-order valence-corrected chi connectivity index (χ3v) is 2.40. The number of benzene rings is 1. The van der Waals surface area contributed by atoms with Crippen LogP contribution in [0.5, 0.6) is 5.75 Å². The molecule has 0 unspecified atom stereocenters. The summed E-state index contributed by atoms with van der Waals surface area (Å²) in [6.07, 6.45) is 0. The van der Waals surface area contributed by atoms with Gasteiger partial charge in [-0.05, 0) is 26.8 Å². The van der Waals surface area contributed by atoms with E-state index in [9.17, 15) is 9.59 Å². The molecule has 0 atom stereocenters. The lowest BCUT2D eigenvalue weighted by molar-refractivity contribution is -0.121. The first-order valence-electron chi connectivity index (χ1n) is 6.33. The fourth-order valence-corrected chi connectivity index (χ4v) is 1.47. The minimum absolute atomic E-state index is 0.0174. The Bertz CT molecular complexity index is 481. The molecule has 0 radical (unpaired) electrons. The third-order valence-electron chi connectivity index (χ3n) is 2.40. The molecule has 0 saturated heterocycles. The van der Waals surface area contributed by atoms with Crippen LogP contribution >= 0.6 is 0 Å². The van der Waals surface area contributed by atoms with Gasteiger partial charge in [-0.15, -0.1) is 0 Å². The average molecular weight is 279 g/mol. The van der Waals surface area contributed by atoms with Gasteiger partial charge in [-0.2, -0.15) is 0 Å². The summed E-state index contributed by atoms with van der Waals surface area (Å²) in [5.74, 6) is 0.0277. The van der Waals surface area contributed by atoms with E-state index in [4.69, 9.17) is 10.5 Å². The molecule has 0 saturated carbocycles. The van der Waals surface area contributed by atoms with Gasteiger partial charge in [0.25, 0.3) is 5.91 Å². The molecule has 20 heavy (non-hydrogen) atoms. The van der Waals surface area contributed by atoms with Crippen LogP contribution in [0, 0.1) is 0 Å². The lowest BCUT2D eigenvalue weighted by Crippen LogP contribution is -2.38. The van der Waals surface area contributed by atoms with E-state index in [2.05, 4.69) is 26.1 Å². The summed E-state index contributed by atoms with van der Waals surface area (Å²) >= 11 is 0. The van der Waals surface area contributed by atoms with E-state index in [0.717, 1.165) is 5.56 Å². The van der Waals surface area contributed by atoms with E-state index in [0.29, 0.717) is 12.3 Å². The molecule has 1 aromatic carbocycles. The van der Waals surface area contributed by atoms with Gasteiger partial charge in [0.15, 0.2) is 6.61 Å². The Hall–Kier alpha value is -2.08. The third kappa shape index (κ3) is 6.19. The molecule has 110 valence electrons. The van der Waals surface area contributed by atoms with Crippen LogP contribution in [0.3, 0.4) is 0 Å². The van der Waals surface area contributed by atoms with Crippen molar-refractivity contribution in [1.82, 2.24) is 10.6 Å². The lowest BCUT2D eigenvalue weighted by Gasteiger charge is -2.21. The first-order valence-corrected chi connectivity index (χ1v) is 6.33. The van der Waals surface area contributed by atoms with Gasteiger partial charge in [-0.25, -0.2) is 4.79 Å². The molecule has 1 aromatic rings. The maximum atomic E-state index is 11.3. The van der Waals surface area contributed by atoms with Gasteiger partial charge < -0.3 is 15.8 Å². The van der Waals surface area contributed by atoms with E-state index in [-0.39, 0.29) is 12.1 Å². The molecule has 3 amide bonds. The maximum absolute atomic E-state index is 11.3. The molecule has 6 nitrogen and oxygen atoms in total. The number of hydrogen-bond donors (Lipinski definition) is 3. The zero-order valence-corrected chi connectivity index (χ0v) is 12.0. The summed E-state index contributed by atoms with van der Waals surface area (Å²) in [6.45, 7) is 6.57. The Morgan fingerprint density at radius 2 is 1.90 bits per heavy atom. The largest absolute Gasteiger partial charge is 0.483 e. The van der Waals surface area contributed by atoms with Crippen molar-refractivity contribution in [1.29, 1.82) is 0 Å². The van der Waals surface area contributed by atoms with Crippen molar-refractivity contribution in [3.63, 3.8) is 0 Å². The van der Waals surface area contributed by atoms with Gasteiger partial charge in [-0.1, -0.05) is 18.2 Å². The number of nitrogens with one attached hydrogen (secondary N) is 2. The minimum atomic E-state index is -0.888. The Labute approximate surface area is 118 Å². The predicted octanol–water partition coefficient (Wildman–Crippen LogP) is 1.15. The number of nitrogens with two attached hydrogens (primary N) is 1. The van der Waals surface area contributed by atoms with Crippen LogP contribution in [0.2, 0.25) is 0 Å². The summed E-state index contributed by atoms with van der Waals surface area (Å²) in [5.41, 5.74) is 5.77. The Morgan fingerprint density at radius 1 is 1.25 bits per heavy atom. The van der Waals surface area contributed by atoms with Crippen LogP contribution in [-0.2, 0) is 11.3 Å². The van der Waals surface area contributed by atoms with Crippen LogP contribution in [0.25, 0.3) is 0 Å². The molecule has 0 aromatic heterocycles. The van der Waals surface area contributed by atoms with Crippen molar-refractivity contribution in [2.75, 3.05) is 6.61 Å². The molecular formula is C14H21N3O3. The van der Waals surface area contributed by atoms with E-state index in [1.165, 1.54) is 0 Å². The van der Waals surface area contributed by atoms with Gasteiger partial charge >= 0.3 is 6.03 Å². The monoisotopic (exact) mass is 279 g/mol. The lowest BCUT2D eigenvalue weighted by atomic mass is 10.1. The topological polar surface area (TPSA) is 93.4 Å². The number of urea groups is 1. The van der Waals surface area contributed by atoms with Crippen LogP contribution in [-0.4, -0.2) is 24.1 Å². The summed E-state index contributed by atoms with van der Waals surface area (Å²) in [4.78, 5) is 21.8. The molecule has 0 fully saturated rings. The number of rotatable bonds is 5. The Balaban J connectivity index is 2.61. The molecule has 0 aliphatic heterocycles. The standard InChI is InChI=1S/C14H21N3O3/c1-14(2,3)16-8-10-6-4-5-7-11(10)20-9-12(18)17-13(15)19/h4-7,16H,8-9H2,1-3H3,(H3,15,17,18,19). The van der Waals surface area contributed by atoms with Crippen LogP contribution in [0.15, 0.2) is 24.3 Å². The van der Waals surface area contributed by atoms with Gasteiger partial charge in [0.1, 0.15) is 5.75 Å². The first-order chi connectivity index (χ1) is 9.28. The van der Waals surface area contributed by atoms with Crippen molar-refractivity contribution in [2.24, 2.45) is 5.73 Å². The van der Waals surface area contributed by atoms with Gasteiger partial charge in [-0.3, -0.25) is 10.1 Å². The van der Waals surface area contributed by atoms with Gasteiger partial charge in [0.2, 0.25) is 0 Å². The quantitative estimate of drug-likeness (QED) is 0.753. The zero-order valence-electron chi connectivity index (χ0n) is 12.0. The van der Waals surface area contributed by atoms with Crippen molar-refractivity contribution < 1.29 is 14.3 Å². The van der Waals surface area contributed by atoms with Gasteiger partial charge in [0, 0.05) is 17.6 Å². The van der Waals surface area contributed by atoms with E-state index in [1.807, 2.05) is 23.5 Å². The molecule has 1 rings (SSSR count). The smallest absolute Gasteiger partial charge is 0.318 e. The number of carbonyl (C=O) groups excluding carboxylic acids is 2. The van der Waals surface area contributed by atoms with Crippen molar-refractivity contribution in [3.8, 4) is 5.75 Å². The maximum Gasteiger partial charge on any atom is 0.318 e. The Morgan fingerprint density at radius 3 is 2.50 bits per heavy atom. The van der Waals surface area contributed by atoms with Crippen molar-refractivity contribution >= 4 is 11.9 Å². The van der Waals surface area contributed by atoms with Crippen molar-refractivity contribution in [3.05, 3.63) is 29.8 Å². The Kier molecular flexibility index (Phi) is 5.52. The van der Waals surface area contributed by atoms with Crippen LogP contribution in [0.4, 0.5) is 4.79 Å². The second-order valence-electron chi connectivity index (χ2n) is 5.41. The SMILES string of the molecule is CC(C)(C)NCc1ccccc1OCC(=O)NC(N)=O. The molecule has 0 heterocycles. The van der Waals surface area contributed by atoms with E-state index >= 15 is 0 Å². The van der Waals surface area contributed by atoms with Crippen molar-refractivity contribution in [2.45, 2.75) is 32.9 Å². The number of hydrogen-bond acceptors (Lipinski definition) is 4. The summed E-state index contributed by atoms with van der Waals surface area (Å²) in [7, 11) is 0. The second kappa shape index (κ2) is 6.91. The molecule has 0 aliphatic carbocycles. The second-order valence-corrected chi connectivity index (χ2v) is 5.41. The van der Waals surface area contributed by atoms with Gasteiger partial charge in [0.05, 0.1) is 0 Å². The minimum Gasteiger partial charge on any atom is -0.483 e. The summed E-state index contributed by atoms with van der Waals surface area (Å²) in [6, 6.07) is 6.52. The fourth-order valence-electron chi connectivity index (χ4n) is 1.47. The highest BCUT2D eigenvalue weighted by molar-refractivity contribution is 5.94. The normalized spacial score (nSPS) is 10.9. The molecule has 4 N–H and O–H groups in total. The first kappa shape index (κ1) is 16.0. The highest BCUT2D eigenvalue weighted by Crippen LogP contribution is 2.18. The highest BCUT2D eigenvalue weighted by atomic mass is 16.5. The zero-order chi connectivity index (χ0) is 15.2. The molecule has 6 heteroatoms. The van der Waals surface area contributed by atoms with E-state index < -0.39 is 11.9 Å². The van der Waals surface area contributed by atoms with E-state index in [1.54, 1.807) is 6.07 Å². The number of amides is 3. The number of imide groups is 1. The molecule has 0 bridgehead atoms. The van der Waals surface area contributed by atoms with Crippen LogP contribution in [0.1, 0.15) is 26.3 Å². The van der Waals surface area contributed by atoms with Crippen LogP contribution < -0.4 is 21.1 Å². The summed E-state index contributed by atoms with van der Waals surface area (Å²) < 4.78 is 5.41.